The minimum absolute atomic E-state index is 0.00417. The van der Waals surface area contributed by atoms with Crippen molar-refractivity contribution in [3.05, 3.63) is 23.8 Å². The molecule has 6 nitrogen and oxygen atoms in total. The maximum absolute atomic E-state index is 12.5. The number of carbonyl (C=O) groups excluding carboxylic acids is 2. The van der Waals surface area contributed by atoms with Gasteiger partial charge < -0.3 is 20.5 Å². The number of nitrogens with one attached hydrogen (secondary N) is 1. The topological polar surface area (TPSA) is 90.7 Å². The number of ether oxygens (including phenoxy) is 2. The summed E-state index contributed by atoms with van der Waals surface area (Å²) in [4.78, 5) is 23.3. The standard InChI is InChI=1S/C14H18F2N2O4/c1-3-4-9(17)12(19)18-10-6-5-8(13(20)21-2)7-11(10)22-14(15)16/h5-7,9,14H,3-4,17H2,1-2H3,(H,18,19). The summed E-state index contributed by atoms with van der Waals surface area (Å²) in [6.07, 6.45) is 1.16. The highest BCUT2D eigenvalue weighted by molar-refractivity contribution is 5.97. The van der Waals surface area contributed by atoms with E-state index in [1.54, 1.807) is 0 Å². The first-order valence-corrected chi connectivity index (χ1v) is 6.62. The molecule has 0 fully saturated rings. The lowest BCUT2D eigenvalue weighted by Gasteiger charge is -2.15. The molecule has 122 valence electrons. The molecule has 0 aliphatic rings. The normalized spacial score (nSPS) is 11.9. The summed E-state index contributed by atoms with van der Waals surface area (Å²) in [5.74, 6) is -1.57. The summed E-state index contributed by atoms with van der Waals surface area (Å²) in [5.41, 5.74) is 5.68. The maximum Gasteiger partial charge on any atom is 0.387 e. The second kappa shape index (κ2) is 8.28. The van der Waals surface area contributed by atoms with Crippen LogP contribution in [0, 0.1) is 0 Å². The second-order valence-electron chi connectivity index (χ2n) is 4.47. The molecular weight excluding hydrogens is 298 g/mol. The Labute approximate surface area is 126 Å². The molecule has 1 aromatic carbocycles. The number of nitrogens with two attached hydrogens (primary N) is 1. The van der Waals surface area contributed by atoms with Gasteiger partial charge >= 0.3 is 12.6 Å². The van der Waals surface area contributed by atoms with E-state index in [-0.39, 0.29) is 17.0 Å². The van der Waals surface area contributed by atoms with Crippen LogP contribution in [0.4, 0.5) is 14.5 Å². The number of esters is 1. The van der Waals surface area contributed by atoms with Crippen LogP contribution in [-0.4, -0.2) is 31.6 Å². The fourth-order valence-corrected chi connectivity index (χ4v) is 1.73. The van der Waals surface area contributed by atoms with E-state index < -0.39 is 24.5 Å². The van der Waals surface area contributed by atoms with Gasteiger partial charge in [-0.05, 0) is 24.6 Å². The van der Waals surface area contributed by atoms with Crippen molar-refractivity contribution in [2.45, 2.75) is 32.4 Å². The van der Waals surface area contributed by atoms with Gasteiger partial charge in [-0.25, -0.2) is 4.79 Å². The van der Waals surface area contributed by atoms with Crippen molar-refractivity contribution < 1.29 is 27.8 Å². The number of carbonyl (C=O) groups is 2. The number of hydrogen-bond donors (Lipinski definition) is 2. The van der Waals surface area contributed by atoms with E-state index in [1.807, 2.05) is 6.92 Å². The molecule has 0 radical (unpaired) electrons. The van der Waals surface area contributed by atoms with Crippen LogP contribution in [0.15, 0.2) is 18.2 Å². The van der Waals surface area contributed by atoms with Crippen LogP contribution in [-0.2, 0) is 9.53 Å². The zero-order valence-corrected chi connectivity index (χ0v) is 12.3. The average molecular weight is 316 g/mol. The molecule has 0 saturated carbocycles. The number of benzene rings is 1. The molecule has 1 amide bonds. The van der Waals surface area contributed by atoms with Crippen LogP contribution in [0.1, 0.15) is 30.1 Å². The van der Waals surface area contributed by atoms with E-state index in [2.05, 4.69) is 14.8 Å². The minimum atomic E-state index is -3.10. The molecule has 3 N–H and O–H groups in total. The Balaban J connectivity index is 3.02. The SMILES string of the molecule is CCCC(N)C(=O)Nc1ccc(C(=O)OC)cc1OC(F)F. The zero-order valence-electron chi connectivity index (χ0n) is 12.3. The first kappa shape index (κ1) is 17.8. The number of halogens is 2. The van der Waals surface area contributed by atoms with Gasteiger partial charge in [0.1, 0.15) is 5.75 Å². The average Bonchev–Trinajstić information content (AvgIpc) is 2.47. The molecule has 0 aliphatic carbocycles. The van der Waals surface area contributed by atoms with E-state index in [4.69, 9.17) is 5.73 Å². The maximum atomic E-state index is 12.5. The van der Waals surface area contributed by atoms with E-state index >= 15 is 0 Å². The van der Waals surface area contributed by atoms with Crippen molar-refractivity contribution in [3.8, 4) is 5.75 Å². The van der Waals surface area contributed by atoms with Crippen LogP contribution in [0.5, 0.6) is 5.75 Å². The number of amides is 1. The van der Waals surface area contributed by atoms with Gasteiger partial charge in [0.05, 0.1) is 24.4 Å². The third-order valence-electron chi connectivity index (χ3n) is 2.81. The quantitative estimate of drug-likeness (QED) is 0.752. The molecule has 1 aromatic rings. The fourth-order valence-electron chi connectivity index (χ4n) is 1.73. The van der Waals surface area contributed by atoms with Gasteiger partial charge in [0, 0.05) is 0 Å². The Morgan fingerprint density at radius 3 is 2.59 bits per heavy atom. The summed E-state index contributed by atoms with van der Waals surface area (Å²) in [7, 11) is 1.16. The Hall–Kier alpha value is -2.22. The molecular formula is C14H18F2N2O4. The van der Waals surface area contributed by atoms with Crippen molar-refractivity contribution in [3.63, 3.8) is 0 Å². The first-order valence-electron chi connectivity index (χ1n) is 6.62. The van der Waals surface area contributed by atoms with E-state index in [0.29, 0.717) is 12.8 Å². The first-order chi connectivity index (χ1) is 10.4. The Bertz CT molecular complexity index is 538. The monoisotopic (exact) mass is 316 g/mol. The van der Waals surface area contributed by atoms with Crippen molar-refractivity contribution in [2.75, 3.05) is 12.4 Å². The van der Waals surface area contributed by atoms with Gasteiger partial charge in [0.15, 0.2) is 0 Å². The summed E-state index contributed by atoms with van der Waals surface area (Å²) in [6.45, 7) is -1.24. The van der Waals surface area contributed by atoms with Gasteiger partial charge in [0.25, 0.3) is 0 Å². The van der Waals surface area contributed by atoms with Gasteiger partial charge in [-0.1, -0.05) is 13.3 Å². The summed E-state index contributed by atoms with van der Waals surface area (Å²) in [6, 6.07) is 2.91. The molecule has 0 heterocycles. The molecule has 1 rings (SSSR count). The zero-order chi connectivity index (χ0) is 16.7. The lowest BCUT2D eigenvalue weighted by atomic mass is 10.1. The second-order valence-corrected chi connectivity index (χ2v) is 4.47. The molecule has 0 aliphatic heterocycles. The molecule has 1 unspecified atom stereocenters. The van der Waals surface area contributed by atoms with Crippen LogP contribution in [0.3, 0.4) is 0 Å². The summed E-state index contributed by atoms with van der Waals surface area (Å²) < 4.78 is 33.7. The highest BCUT2D eigenvalue weighted by Crippen LogP contribution is 2.28. The number of anilines is 1. The molecule has 0 spiro atoms. The molecule has 0 saturated heterocycles. The van der Waals surface area contributed by atoms with E-state index in [1.165, 1.54) is 12.1 Å². The third-order valence-corrected chi connectivity index (χ3v) is 2.81. The highest BCUT2D eigenvalue weighted by atomic mass is 19.3. The van der Waals surface area contributed by atoms with Crippen LogP contribution in [0.25, 0.3) is 0 Å². The molecule has 8 heteroatoms. The van der Waals surface area contributed by atoms with E-state index in [0.717, 1.165) is 13.2 Å². The lowest BCUT2D eigenvalue weighted by Crippen LogP contribution is -2.35. The third kappa shape index (κ3) is 4.96. The molecule has 0 bridgehead atoms. The lowest BCUT2D eigenvalue weighted by molar-refractivity contribution is -0.117. The van der Waals surface area contributed by atoms with Gasteiger partial charge in [-0.2, -0.15) is 8.78 Å². The van der Waals surface area contributed by atoms with Crippen molar-refractivity contribution >= 4 is 17.6 Å². The number of hydrogen-bond acceptors (Lipinski definition) is 5. The Kier molecular flexibility index (Phi) is 6.71. The minimum Gasteiger partial charge on any atom is -0.465 e. The van der Waals surface area contributed by atoms with Crippen molar-refractivity contribution in [1.82, 2.24) is 0 Å². The Morgan fingerprint density at radius 1 is 1.36 bits per heavy atom. The molecule has 0 aromatic heterocycles. The predicted octanol–water partition coefficient (Wildman–Crippen LogP) is 2.14. The Morgan fingerprint density at radius 2 is 2.05 bits per heavy atom. The summed E-state index contributed by atoms with van der Waals surface area (Å²) in [5, 5.41) is 2.41. The largest absolute Gasteiger partial charge is 0.465 e. The number of rotatable bonds is 7. The number of alkyl halides is 2. The van der Waals surface area contributed by atoms with Crippen LogP contribution >= 0.6 is 0 Å². The molecule has 1 atom stereocenters. The molecule has 22 heavy (non-hydrogen) atoms. The van der Waals surface area contributed by atoms with Crippen LogP contribution < -0.4 is 15.8 Å². The van der Waals surface area contributed by atoms with Gasteiger partial charge in [0.2, 0.25) is 5.91 Å². The fraction of sp³-hybridized carbons (Fsp3) is 0.429. The number of methoxy groups -OCH3 is 1. The highest BCUT2D eigenvalue weighted by Gasteiger charge is 2.18. The van der Waals surface area contributed by atoms with Crippen LogP contribution in [0.2, 0.25) is 0 Å². The van der Waals surface area contributed by atoms with Gasteiger partial charge in [-0.15, -0.1) is 0 Å². The smallest absolute Gasteiger partial charge is 0.387 e. The summed E-state index contributed by atoms with van der Waals surface area (Å²) >= 11 is 0. The van der Waals surface area contributed by atoms with Crippen molar-refractivity contribution in [1.29, 1.82) is 0 Å². The van der Waals surface area contributed by atoms with E-state index in [9.17, 15) is 18.4 Å². The van der Waals surface area contributed by atoms with Crippen molar-refractivity contribution in [2.24, 2.45) is 5.73 Å². The van der Waals surface area contributed by atoms with Gasteiger partial charge in [-0.3, -0.25) is 4.79 Å². The predicted molar refractivity (Wildman–Crippen MR) is 75.9 cm³/mol.